The van der Waals surface area contributed by atoms with Gasteiger partial charge >= 0.3 is 0 Å². The molecule has 0 aliphatic rings. The van der Waals surface area contributed by atoms with E-state index in [2.05, 4.69) is 19.0 Å². The molecule has 15 heavy (non-hydrogen) atoms. The zero-order valence-corrected chi connectivity index (χ0v) is 9.57. The van der Waals surface area contributed by atoms with Gasteiger partial charge in [-0.05, 0) is 45.6 Å². The second kappa shape index (κ2) is 6.30. The first-order valence-electron chi connectivity index (χ1n) is 5.32. The Balaban J connectivity index is 2.18. The van der Waals surface area contributed by atoms with Crippen molar-refractivity contribution in [3.05, 3.63) is 24.3 Å². The third kappa shape index (κ3) is 4.70. The fourth-order valence-corrected chi connectivity index (χ4v) is 1.32. The average Bonchev–Trinajstić information content (AvgIpc) is 2.20. The lowest BCUT2D eigenvalue weighted by atomic mass is 10.3. The van der Waals surface area contributed by atoms with Gasteiger partial charge in [-0.3, -0.25) is 0 Å². The van der Waals surface area contributed by atoms with Crippen LogP contribution in [0.15, 0.2) is 24.3 Å². The van der Waals surface area contributed by atoms with Crippen LogP contribution >= 0.6 is 0 Å². The van der Waals surface area contributed by atoms with Crippen molar-refractivity contribution in [3.63, 3.8) is 0 Å². The zero-order valence-electron chi connectivity index (χ0n) is 9.57. The molecule has 0 atom stereocenters. The molecule has 0 saturated carbocycles. The second-order valence-electron chi connectivity index (χ2n) is 3.90. The van der Waals surface area contributed by atoms with Gasteiger partial charge in [0.15, 0.2) is 0 Å². The first-order chi connectivity index (χ1) is 7.20. The lowest BCUT2D eigenvalue weighted by Crippen LogP contribution is -2.13. The van der Waals surface area contributed by atoms with Gasteiger partial charge in [-0.25, -0.2) is 0 Å². The number of nitrogens with two attached hydrogens (primary N) is 1. The molecule has 3 nitrogen and oxygen atoms in total. The number of nitrogens with zero attached hydrogens (tertiary/aromatic N) is 1. The summed E-state index contributed by atoms with van der Waals surface area (Å²) in [5, 5.41) is 0. The maximum atomic E-state index is 5.75. The van der Waals surface area contributed by atoms with Gasteiger partial charge in [-0.15, -0.1) is 0 Å². The van der Waals surface area contributed by atoms with Gasteiger partial charge < -0.3 is 15.4 Å². The molecule has 0 amide bonds. The standard InChI is InChI=1S/C12H20N2O/c1-14(2)9-5-6-10-15-12-8-4-3-7-11(12)13/h3-4,7-8H,5-6,9-10,13H2,1-2H3. The fourth-order valence-electron chi connectivity index (χ4n) is 1.32. The van der Waals surface area contributed by atoms with E-state index in [1.807, 2.05) is 24.3 Å². The molecule has 3 heteroatoms. The van der Waals surface area contributed by atoms with Gasteiger partial charge in [0.25, 0.3) is 0 Å². The van der Waals surface area contributed by atoms with E-state index in [4.69, 9.17) is 10.5 Å². The van der Waals surface area contributed by atoms with E-state index >= 15 is 0 Å². The minimum Gasteiger partial charge on any atom is -0.491 e. The maximum Gasteiger partial charge on any atom is 0.142 e. The highest BCUT2D eigenvalue weighted by atomic mass is 16.5. The predicted molar refractivity (Wildman–Crippen MR) is 64.1 cm³/mol. The summed E-state index contributed by atoms with van der Waals surface area (Å²) in [6.45, 7) is 1.84. The molecular formula is C12H20N2O. The minimum absolute atomic E-state index is 0.713. The summed E-state index contributed by atoms with van der Waals surface area (Å²) in [4.78, 5) is 2.18. The highest BCUT2D eigenvalue weighted by molar-refractivity contribution is 5.51. The van der Waals surface area contributed by atoms with E-state index in [9.17, 15) is 0 Å². The van der Waals surface area contributed by atoms with E-state index < -0.39 is 0 Å². The van der Waals surface area contributed by atoms with E-state index in [1.54, 1.807) is 0 Å². The van der Waals surface area contributed by atoms with Crippen LogP contribution in [-0.4, -0.2) is 32.1 Å². The summed E-state index contributed by atoms with van der Waals surface area (Å²) in [5.41, 5.74) is 6.46. The lowest BCUT2D eigenvalue weighted by Gasteiger charge is -2.10. The Bertz CT molecular complexity index is 287. The third-order valence-electron chi connectivity index (χ3n) is 2.18. The van der Waals surface area contributed by atoms with Gasteiger partial charge in [0.05, 0.1) is 12.3 Å². The van der Waals surface area contributed by atoms with Crippen LogP contribution in [0, 0.1) is 0 Å². The largest absolute Gasteiger partial charge is 0.491 e. The summed E-state index contributed by atoms with van der Waals surface area (Å²) in [7, 11) is 4.16. The molecule has 2 N–H and O–H groups in total. The van der Waals surface area contributed by atoms with Crippen LogP contribution in [0.25, 0.3) is 0 Å². The number of hydrogen-bond acceptors (Lipinski definition) is 3. The summed E-state index contributed by atoms with van der Waals surface area (Å²) in [6.07, 6.45) is 2.21. The molecule has 1 aromatic rings. The molecule has 0 aliphatic carbocycles. The second-order valence-corrected chi connectivity index (χ2v) is 3.90. The fraction of sp³-hybridized carbons (Fsp3) is 0.500. The van der Waals surface area contributed by atoms with E-state index in [0.29, 0.717) is 5.69 Å². The molecule has 0 aliphatic heterocycles. The Morgan fingerprint density at radius 3 is 2.60 bits per heavy atom. The summed E-state index contributed by atoms with van der Waals surface area (Å²) >= 11 is 0. The number of anilines is 1. The molecular weight excluding hydrogens is 188 g/mol. The minimum atomic E-state index is 0.713. The Morgan fingerprint density at radius 1 is 1.20 bits per heavy atom. The van der Waals surface area contributed by atoms with Crippen molar-refractivity contribution in [1.29, 1.82) is 0 Å². The molecule has 0 aromatic heterocycles. The Hall–Kier alpha value is -1.22. The summed E-state index contributed by atoms with van der Waals surface area (Å²) < 4.78 is 5.58. The van der Waals surface area contributed by atoms with Crippen LogP contribution < -0.4 is 10.5 Å². The van der Waals surface area contributed by atoms with Crippen molar-refractivity contribution in [2.75, 3.05) is 33.0 Å². The number of ether oxygens (including phenoxy) is 1. The van der Waals surface area contributed by atoms with Crippen molar-refractivity contribution in [2.45, 2.75) is 12.8 Å². The lowest BCUT2D eigenvalue weighted by molar-refractivity contribution is 0.294. The Morgan fingerprint density at radius 2 is 1.93 bits per heavy atom. The molecule has 0 spiro atoms. The van der Waals surface area contributed by atoms with E-state index in [1.165, 1.54) is 0 Å². The highest BCUT2D eigenvalue weighted by Crippen LogP contribution is 2.19. The number of hydrogen-bond donors (Lipinski definition) is 1. The first kappa shape index (κ1) is 11.9. The average molecular weight is 208 g/mol. The number of para-hydroxylation sites is 2. The van der Waals surface area contributed by atoms with Crippen molar-refractivity contribution in [2.24, 2.45) is 0 Å². The van der Waals surface area contributed by atoms with Crippen LogP contribution in [0.4, 0.5) is 5.69 Å². The molecule has 0 heterocycles. The van der Waals surface area contributed by atoms with Crippen LogP contribution in [0.2, 0.25) is 0 Å². The maximum absolute atomic E-state index is 5.75. The third-order valence-corrected chi connectivity index (χ3v) is 2.18. The number of benzene rings is 1. The smallest absolute Gasteiger partial charge is 0.142 e. The van der Waals surface area contributed by atoms with Gasteiger partial charge in [-0.2, -0.15) is 0 Å². The number of unbranched alkanes of at least 4 members (excludes halogenated alkanes) is 1. The topological polar surface area (TPSA) is 38.5 Å². The summed E-state index contributed by atoms with van der Waals surface area (Å²) in [5.74, 6) is 0.794. The SMILES string of the molecule is CN(C)CCCCOc1ccccc1N. The zero-order chi connectivity index (χ0) is 11.1. The van der Waals surface area contributed by atoms with Crippen molar-refractivity contribution in [1.82, 2.24) is 4.90 Å². The van der Waals surface area contributed by atoms with Crippen LogP contribution in [0.5, 0.6) is 5.75 Å². The number of rotatable bonds is 6. The van der Waals surface area contributed by atoms with Gasteiger partial charge in [-0.1, -0.05) is 12.1 Å². The van der Waals surface area contributed by atoms with Crippen molar-refractivity contribution < 1.29 is 4.74 Å². The van der Waals surface area contributed by atoms with Crippen molar-refractivity contribution >= 4 is 5.69 Å². The van der Waals surface area contributed by atoms with Gasteiger partial charge in [0.1, 0.15) is 5.75 Å². The molecule has 0 fully saturated rings. The van der Waals surface area contributed by atoms with E-state index in [-0.39, 0.29) is 0 Å². The van der Waals surface area contributed by atoms with Gasteiger partial charge in [0.2, 0.25) is 0 Å². The Labute approximate surface area is 91.8 Å². The molecule has 84 valence electrons. The Kier molecular flexibility index (Phi) is 4.98. The first-order valence-corrected chi connectivity index (χ1v) is 5.32. The van der Waals surface area contributed by atoms with Crippen molar-refractivity contribution in [3.8, 4) is 5.75 Å². The van der Waals surface area contributed by atoms with E-state index in [0.717, 1.165) is 31.7 Å². The molecule has 0 saturated heterocycles. The molecule has 0 bridgehead atoms. The van der Waals surface area contributed by atoms with Crippen LogP contribution in [0.1, 0.15) is 12.8 Å². The number of nitrogen functional groups attached to an aromatic ring is 1. The highest BCUT2D eigenvalue weighted by Gasteiger charge is 1.97. The van der Waals surface area contributed by atoms with Crippen LogP contribution in [-0.2, 0) is 0 Å². The molecule has 1 aromatic carbocycles. The normalized spacial score (nSPS) is 10.6. The van der Waals surface area contributed by atoms with Crippen LogP contribution in [0.3, 0.4) is 0 Å². The molecule has 0 radical (unpaired) electrons. The molecule has 1 rings (SSSR count). The predicted octanol–water partition coefficient (Wildman–Crippen LogP) is 1.99. The quantitative estimate of drug-likeness (QED) is 0.574. The molecule has 0 unspecified atom stereocenters. The summed E-state index contributed by atoms with van der Waals surface area (Å²) in [6, 6.07) is 7.61. The van der Waals surface area contributed by atoms with Gasteiger partial charge in [0, 0.05) is 0 Å². The monoisotopic (exact) mass is 208 g/mol.